The largest absolute Gasteiger partial charge is 0.495 e. The predicted molar refractivity (Wildman–Crippen MR) is 170 cm³/mol. The van der Waals surface area contributed by atoms with Gasteiger partial charge in [-0.05, 0) is 62.2 Å². The van der Waals surface area contributed by atoms with Crippen LogP contribution in [0.3, 0.4) is 0 Å². The number of sulfonamides is 1. The Hall–Kier alpha value is -3.87. The molecule has 0 spiro atoms. The molecule has 3 rings (SSSR count). The number of amides is 2. The maximum absolute atomic E-state index is 14.2. The van der Waals surface area contributed by atoms with Crippen molar-refractivity contribution in [2.24, 2.45) is 0 Å². The first-order valence-corrected chi connectivity index (χ1v) is 15.9. The van der Waals surface area contributed by atoms with E-state index in [-0.39, 0.29) is 28.6 Å². The fourth-order valence-electron chi connectivity index (χ4n) is 4.35. The molecule has 0 bridgehead atoms. The van der Waals surface area contributed by atoms with Gasteiger partial charge in [-0.2, -0.15) is 0 Å². The van der Waals surface area contributed by atoms with E-state index in [2.05, 4.69) is 5.32 Å². The summed E-state index contributed by atoms with van der Waals surface area (Å²) in [5.41, 5.74) is 0.439. The smallest absolute Gasteiger partial charge is 0.273 e. The number of nitro groups is 1. The summed E-state index contributed by atoms with van der Waals surface area (Å²) in [5.74, 6) is -1.04. The monoisotopic (exact) mass is 664 g/mol. The molecule has 44 heavy (non-hydrogen) atoms. The molecule has 0 aromatic heterocycles. The second kappa shape index (κ2) is 15.2. The summed E-state index contributed by atoms with van der Waals surface area (Å²) in [6.07, 6.45) is 1.60. The highest BCUT2D eigenvalue weighted by molar-refractivity contribution is 7.92. The van der Waals surface area contributed by atoms with E-state index in [0.29, 0.717) is 17.1 Å². The van der Waals surface area contributed by atoms with Crippen molar-refractivity contribution >= 4 is 56.4 Å². The van der Waals surface area contributed by atoms with Gasteiger partial charge in [0, 0.05) is 34.8 Å². The van der Waals surface area contributed by atoms with E-state index in [1.807, 2.05) is 6.92 Å². The molecule has 0 saturated heterocycles. The SMILES string of the molecule is CCCCNC(=O)[C@H](C)N(Cc1ccc(Cl)cc1)C(=O)CN(c1cc(Cl)ccc1OC)S(=O)(=O)c1ccc(C)c([N+](=O)[O-])c1. The Morgan fingerprint density at radius 3 is 2.32 bits per heavy atom. The van der Waals surface area contributed by atoms with Crippen LogP contribution in [0.5, 0.6) is 5.75 Å². The Kier molecular flexibility index (Phi) is 12.0. The molecule has 3 aromatic carbocycles. The number of aryl methyl sites for hydroxylation is 1. The van der Waals surface area contributed by atoms with E-state index in [0.717, 1.165) is 23.2 Å². The number of nitrogens with one attached hydrogen (secondary N) is 1. The summed E-state index contributed by atoms with van der Waals surface area (Å²) in [6, 6.07) is 13.4. The molecule has 0 aliphatic carbocycles. The standard InChI is InChI=1S/C30H34Cl2N4O7S/c1-5-6-15-33-30(38)21(3)34(18-22-8-10-23(31)11-9-22)29(37)19-35(27-16-24(32)12-14-28(27)43-4)44(41,42)25-13-7-20(2)26(17-25)36(39)40/h7-14,16-17,21H,5-6,15,18-19H2,1-4H3,(H,33,38)/t21-/m0/s1. The Labute approximate surface area is 266 Å². The van der Waals surface area contributed by atoms with Gasteiger partial charge in [-0.25, -0.2) is 8.42 Å². The van der Waals surface area contributed by atoms with Crippen molar-refractivity contribution in [3.63, 3.8) is 0 Å². The first kappa shape index (κ1) is 34.6. The number of nitrogens with zero attached hydrogens (tertiary/aromatic N) is 3. The zero-order valence-electron chi connectivity index (χ0n) is 24.7. The normalized spacial score (nSPS) is 11.9. The molecule has 0 saturated carbocycles. The molecule has 3 aromatic rings. The van der Waals surface area contributed by atoms with E-state index in [1.165, 1.54) is 49.3 Å². The van der Waals surface area contributed by atoms with Crippen molar-refractivity contribution in [2.45, 2.75) is 51.1 Å². The van der Waals surface area contributed by atoms with Gasteiger partial charge < -0.3 is 15.0 Å². The molecule has 1 atom stereocenters. The van der Waals surface area contributed by atoms with Gasteiger partial charge in [0.15, 0.2) is 0 Å². The third-order valence-corrected chi connectivity index (χ3v) is 9.16. The fourth-order valence-corrected chi connectivity index (χ4v) is 6.08. The van der Waals surface area contributed by atoms with E-state index in [1.54, 1.807) is 31.2 Å². The minimum Gasteiger partial charge on any atom is -0.495 e. The number of anilines is 1. The van der Waals surface area contributed by atoms with Crippen LogP contribution in [0.2, 0.25) is 10.0 Å². The maximum atomic E-state index is 14.2. The fraction of sp³-hybridized carbons (Fsp3) is 0.333. The zero-order chi connectivity index (χ0) is 32.6. The van der Waals surface area contributed by atoms with Crippen LogP contribution in [0.25, 0.3) is 0 Å². The van der Waals surface area contributed by atoms with Gasteiger partial charge >= 0.3 is 0 Å². The van der Waals surface area contributed by atoms with Crippen LogP contribution >= 0.6 is 23.2 Å². The van der Waals surface area contributed by atoms with E-state index >= 15 is 0 Å². The number of hydrogen-bond acceptors (Lipinski definition) is 7. The minimum atomic E-state index is -4.62. The number of carbonyl (C=O) groups is 2. The summed E-state index contributed by atoms with van der Waals surface area (Å²) >= 11 is 12.3. The Morgan fingerprint density at radius 1 is 1.05 bits per heavy atom. The van der Waals surface area contributed by atoms with Crippen LogP contribution in [0.15, 0.2) is 65.6 Å². The first-order valence-electron chi connectivity index (χ1n) is 13.7. The average Bonchev–Trinajstić information content (AvgIpc) is 2.99. The van der Waals surface area contributed by atoms with Crippen LogP contribution in [0.1, 0.15) is 37.8 Å². The Balaban J connectivity index is 2.13. The summed E-state index contributed by atoms with van der Waals surface area (Å²) in [6.45, 7) is 4.62. The lowest BCUT2D eigenvalue weighted by Crippen LogP contribution is -2.51. The van der Waals surface area contributed by atoms with Crippen LogP contribution < -0.4 is 14.4 Å². The lowest BCUT2D eigenvalue weighted by Gasteiger charge is -2.32. The molecular weight excluding hydrogens is 631 g/mol. The Morgan fingerprint density at radius 2 is 1.70 bits per heavy atom. The number of nitro benzene ring substituents is 1. The van der Waals surface area contributed by atoms with Crippen molar-refractivity contribution in [3.05, 3.63) is 92.0 Å². The van der Waals surface area contributed by atoms with Crippen molar-refractivity contribution in [1.29, 1.82) is 0 Å². The van der Waals surface area contributed by atoms with Crippen LogP contribution in [0.4, 0.5) is 11.4 Å². The summed E-state index contributed by atoms with van der Waals surface area (Å²) in [7, 11) is -3.30. The van der Waals surface area contributed by atoms with Crippen molar-refractivity contribution in [3.8, 4) is 5.75 Å². The molecule has 0 heterocycles. The lowest BCUT2D eigenvalue weighted by atomic mass is 10.1. The Bertz CT molecular complexity index is 1620. The number of halogens is 2. The quantitative estimate of drug-likeness (QED) is 0.132. The number of hydrogen-bond donors (Lipinski definition) is 1. The molecule has 1 N–H and O–H groups in total. The predicted octanol–water partition coefficient (Wildman–Crippen LogP) is 5.75. The molecule has 11 nitrogen and oxygen atoms in total. The number of methoxy groups -OCH3 is 1. The molecular formula is C30H34Cl2N4O7S. The van der Waals surface area contributed by atoms with E-state index < -0.39 is 49.9 Å². The van der Waals surface area contributed by atoms with Gasteiger partial charge in [-0.1, -0.05) is 54.7 Å². The summed E-state index contributed by atoms with van der Waals surface area (Å²) in [5, 5.41) is 15.1. The molecule has 236 valence electrons. The second-order valence-electron chi connectivity index (χ2n) is 10.0. The van der Waals surface area contributed by atoms with Crippen LogP contribution in [-0.4, -0.2) is 56.3 Å². The molecule has 0 unspecified atom stereocenters. The maximum Gasteiger partial charge on any atom is 0.273 e. The highest BCUT2D eigenvalue weighted by atomic mass is 35.5. The molecule has 0 aliphatic heterocycles. The lowest BCUT2D eigenvalue weighted by molar-refractivity contribution is -0.385. The van der Waals surface area contributed by atoms with E-state index in [9.17, 15) is 28.1 Å². The van der Waals surface area contributed by atoms with E-state index in [4.69, 9.17) is 27.9 Å². The third kappa shape index (κ3) is 8.40. The number of unbranched alkanes of at least 4 members (excludes halogenated alkanes) is 1. The van der Waals surface area contributed by atoms with Gasteiger partial charge in [0.2, 0.25) is 11.8 Å². The van der Waals surface area contributed by atoms with Crippen LogP contribution in [-0.2, 0) is 26.2 Å². The topological polar surface area (TPSA) is 139 Å². The van der Waals surface area contributed by atoms with Crippen molar-refractivity contribution < 1.29 is 27.7 Å². The zero-order valence-corrected chi connectivity index (χ0v) is 27.1. The van der Waals surface area contributed by atoms with Crippen LogP contribution in [0, 0.1) is 17.0 Å². The van der Waals surface area contributed by atoms with Gasteiger partial charge in [-0.3, -0.25) is 24.0 Å². The summed E-state index contributed by atoms with van der Waals surface area (Å²) < 4.78 is 34.5. The highest BCUT2D eigenvalue weighted by Gasteiger charge is 2.35. The third-order valence-electron chi connectivity index (χ3n) is 6.92. The van der Waals surface area contributed by atoms with Gasteiger partial charge in [0.1, 0.15) is 18.3 Å². The first-order chi connectivity index (χ1) is 20.8. The number of carbonyl (C=O) groups excluding carboxylic acids is 2. The minimum absolute atomic E-state index is 0.0328. The molecule has 14 heteroatoms. The van der Waals surface area contributed by atoms with Crippen molar-refractivity contribution in [2.75, 3.05) is 24.5 Å². The number of rotatable bonds is 14. The number of benzene rings is 3. The van der Waals surface area contributed by atoms with Crippen molar-refractivity contribution in [1.82, 2.24) is 10.2 Å². The molecule has 2 amide bonds. The van der Waals surface area contributed by atoms with Gasteiger partial charge in [0.05, 0.1) is 22.6 Å². The molecule has 0 fully saturated rings. The second-order valence-corrected chi connectivity index (χ2v) is 12.7. The number of ether oxygens (including phenoxy) is 1. The highest BCUT2D eigenvalue weighted by Crippen LogP contribution is 2.36. The summed E-state index contributed by atoms with van der Waals surface area (Å²) in [4.78, 5) is 39.0. The average molecular weight is 666 g/mol. The molecule has 0 aliphatic rings. The van der Waals surface area contributed by atoms with Gasteiger partial charge in [-0.15, -0.1) is 0 Å². The molecule has 0 radical (unpaired) electrons. The van der Waals surface area contributed by atoms with Gasteiger partial charge in [0.25, 0.3) is 15.7 Å².